The van der Waals surface area contributed by atoms with Gasteiger partial charge < -0.3 is 10.1 Å². The normalized spacial score (nSPS) is 12.5. The average Bonchev–Trinajstić information content (AvgIpc) is 2.24. The van der Waals surface area contributed by atoms with Crippen LogP contribution in [0, 0.1) is 20.8 Å². The van der Waals surface area contributed by atoms with E-state index in [1.165, 1.54) is 16.7 Å². The minimum Gasteiger partial charge on any atom is -0.491 e. The molecule has 0 saturated carbocycles. The van der Waals surface area contributed by atoms with Gasteiger partial charge in [0.2, 0.25) is 0 Å². The highest BCUT2D eigenvalue weighted by atomic mass is 16.5. The Hall–Kier alpha value is -1.02. The van der Waals surface area contributed by atoms with Crippen molar-refractivity contribution >= 4 is 0 Å². The van der Waals surface area contributed by atoms with Crippen LogP contribution in [0.4, 0.5) is 0 Å². The van der Waals surface area contributed by atoms with Gasteiger partial charge in [-0.3, -0.25) is 0 Å². The van der Waals surface area contributed by atoms with Crippen molar-refractivity contribution in [2.45, 2.75) is 47.1 Å². The highest BCUT2D eigenvalue weighted by molar-refractivity contribution is 5.42. The Morgan fingerprint density at radius 3 is 2.29 bits per heavy atom. The SMILES string of the molecule is CCCNC(C)COc1c(C)cc(C)cc1C. The molecule has 96 valence electrons. The van der Waals surface area contributed by atoms with E-state index in [0.717, 1.165) is 25.3 Å². The molecular weight excluding hydrogens is 210 g/mol. The summed E-state index contributed by atoms with van der Waals surface area (Å²) in [7, 11) is 0. The third kappa shape index (κ3) is 4.39. The Morgan fingerprint density at radius 1 is 1.18 bits per heavy atom. The summed E-state index contributed by atoms with van der Waals surface area (Å²) in [6.07, 6.45) is 1.16. The zero-order chi connectivity index (χ0) is 12.8. The Kier molecular flexibility index (Phi) is 5.49. The number of benzene rings is 1. The number of hydrogen-bond acceptors (Lipinski definition) is 2. The lowest BCUT2D eigenvalue weighted by atomic mass is 10.1. The first-order valence-electron chi connectivity index (χ1n) is 6.48. The molecule has 2 nitrogen and oxygen atoms in total. The maximum absolute atomic E-state index is 5.92. The van der Waals surface area contributed by atoms with Crippen LogP contribution >= 0.6 is 0 Å². The molecule has 0 spiro atoms. The molecule has 0 fully saturated rings. The van der Waals surface area contributed by atoms with Crippen LogP contribution in [-0.4, -0.2) is 19.2 Å². The molecule has 1 atom stereocenters. The van der Waals surface area contributed by atoms with Crippen molar-refractivity contribution in [1.82, 2.24) is 5.32 Å². The topological polar surface area (TPSA) is 21.3 Å². The van der Waals surface area contributed by atoms with E-state index in [1.54, 1.807) is 0 Å². The highest BCUT2D eigenvalue weighted by Gasteiger charge is 2.07. The summed E-state index contributed by atoms with van der Waals surface area (Å²) in [6.45, 7) is 12.5. The monoisotopic (exact) mass is 235 g/mol. The summed E-state index contributed by atoms with van der Waals surface area (Å²) in [5.74, 6) is 1.04. The van der Waals surface area contributed by atoms with Gasteiger partial charge in [0.25, 0.3) is 0 Å². The van der Waals surface area contributed by atoms with Gasteiger partial charge in [-0.1, -0.05) is 24.6 Å². The molecule has 1 unspecified atom stereocenters. The molecule has 0 aliphatic carbocycles. The van der Waals surface area contributed by atoms with Crippen LogP contribution in [0.5, 0.6) is 5.75 Å². The molecule has 1 aromatic carbocycles. The van der Waals surface area contributed by atoms with Crippen LogP contribution in [0.3, 0.4) is 0 Å². The lowest BCUT2D eigenvalue weighted by Crippen LogP contribution is -2.32. The van der Waals surface area contributed by atoms with Gasteiger partial charge in [-0.15, -0.1) is 0 Å². The van der Waals surface area contributed by atoms with E-state index in [1.807, 2.05) is 0 Å². The predicted molar refractivity (Wildman–Crippen MR) is 73.9 cm³/mol. The van der Waals surface area contributed by atoms with Gasteiger partial charge in [0, 0.05) is 6.04 Å². The molecule has 1 N–H and O–H groups in total. The molecule has 0 bridgehead atoms. The summed E-state index contributed by atoms with van der Waals surface area (Å²) in [4.78, 5) is 0. The van der Waals surface area contributed by atoms with Crippen LogP contribution in [0.25, 0.3) is 0 Å². The fraction of sp³-hybridized carbons (Fsp3) is 0.600. The molecule has 0 aliphatic rings. The quantitative estimate of drug-likeness (QED) is 0.816. The number of ether oxygens (including phenoxy) is 1. The molecule has 1 aromatic rings. The van der Waals surface area contributed by atoms with Crippen molar-refractivity contribution in [3.63, 3.8) is 0 Å². The molecule has 2 heteroatoms. The van der Waals surface area contributed by atoms with Crippen LogP contribution in [0.1, 0.15) is 37.0 Å². The minimum atomic E-state index is 0.398. The molecule has 0 saturated heterocycles. The summed E-state index contributed by atoms with van der Waals surface area (Å²) in [5.41, 5.74) is 3.75. The first kappa shape index (κ1) is 14.0. The molecule has 0 aromatic heterocycles. The zero-order valence-corrected chi connectivity index (χ0v) is 11.8. The Morgan fingerprint density at radius 2 is 1.76 bits per heavy atom. The molecule has 0 aliphatic heterocycles. The molecular formula is C15H25NO. The first-order chi connectivity index (χ1) is 8.04. The number of nitrogens with one attached hydrogen (secondary N) is 1. The summed E-state index contributed by atoms with van der Waals surface area (Å²) < 4.78 is 5.92. The van der Waals surface area contributed by atoms with Crippen molar-refractivity contribution < 1.29 is 4.74 Å². The number of aryl methyl sites for hydroxylation is 3. The molecule has 0 amide bonds. The Labute approximate surface area is 105 Å². The third-order valence-electron chi connectivity index (χ3n) is 2.83. The van der Waals surface area contributed by atoms with Crippen LogP contribution in [-0.2, 0) is 0 Å². The van der Waals surface area contributed by atoms with Gasteiger partial charge in [0.15, 0.2) is 0 Å². The van der Waals surface area contributed by atoms with Crippen molar-refractivity contribution in [2.24, 2.45) is 0 Å². The zero-order valence-electron chi connectivity index (χ0n) is 11.8. The summed E-state index contributed by atoms with van der Waals surface area (Å²) in [5, 5.41) is 3.43. The van der Waals surface area contributed by atoms with Gasteiger partial charge in [0.05, 0.1) is 0 Å². The number of hydrogen-bond donors (Lipinski definition) is 1. The van der Waals surface area contributed by atoms with E-state index in [4.69, 9.17) is 4.74 Å². The second-order valence-corrected chi connectivity index (χ2v) is 4.89. The molecule has 0 heterocycles. The minimum absolute atomic E-state index is 0.398. The Balaban J connectivity index is 2.57. The fourth-order valence-corrected chi connectivity index (χ4v) is 2.05. The van der Waals surface area contributed by atoms with E-state index < -0.39 is 0 Å². The molecule has 0 radical (unpaired) electrons. The van der Waals surface area contributed by atoms with E-state index >= 15 is 0 Å². The predicted octanol–water partition coefficient (Wildman–Crippen LogP) is 3.38. The van der Waals surface area contributed by atoms with E-state index in [2.05, 4.69) is 52.1 Å². The maximum Gasteiger partial charge on any atom is 0.125 e. The standard InChI is InChI=1S/C15H25NO/c1-6-7-16-14(5)10-17-15-12(3)8-11(2)9-13(15)4/h8-9,14,16H,6-7,10H2,1-5H3. The van der Waals surface area contributed by atoms with Crippen molar-refractivity contribution in [2.75, 3.05) is 13.2 Å². The maximum atomic E-state index is 5.92. The van der Waals surface area contributed by atoms with Gasteiger partial charge in [-0.2, -0.15) is 0 Å². The van der Waals surface area contributed by atoms with Crippen molar-refractivity contribution in [3.8, 4) is 5.75 Å². The van der Waals surface area contributed by atoms with Crippen molar-refractivity contribution in [1.29, 1.82) is 0 Å². The van der Waals surface area contributed by atoms with Crippen LogP contribution in [0.2, 0.25) is 0 Å². The third-order valence-corrected chi connectivity index (χ3v) is 2.83. The van der Waals surface area contributed by atoms with E-state index in [9.17, 15) is 0 Å². The lowest BCUT2D eigenvalue weighted by Gasteiger charge is -2.17. The van der Waals surface area contributed by atoms with Crippen molar-refractivity contribution in [3.05, 3.63) is 28.8 Å². The van der Waals surface area contributed by atoms with Crippen LogP contribution < -0.4 is 10.1 Å². The largest absolute Gasteiger partial charge is 0.491 e. The molecule has 1 rings (SSSR count). The van der Waals surface area contributed by atoms with Gasteiger partial charge in [0.1, 0.15) is 12.4 Å². The Bertz CT molecular complexity index is 337. The second-order valence-electron chi connectivity index (χ2n) is 4.89. The first-order valence-corrected chi connectivity index (χ1v) is 6.48. The number of rotatable bonds is 6. The van der Waals surface area contributed by atoms with Gasteiger partial charge in [-0.05, 0) is 51.8 Å². The van der Waals surface area contributed by atoms with E-state index in [0.29, 0.717) is 6.04 Å². The lowest BCUT2D eigenvalue weighted by molar-refractivity contribution is 0.270. The van der Waals surface area contributed by atoms with Gasteiger partial charge in [-0.25, -0.2) is 0 Å². The summed E-state index contributed by atoms with van der Waals surface area (Å²) in [6, 6.07) is 4.74. The smallest absolute Gasteiger partial charge is 0.125 e. The van der Waals surface area contributed by atoms with E-state index in [-0.39, 0.29) is 0 Å². The average molecular weight is 235 g/mol. The van der Waals surface area contributed by atoms with Gasteiger partial charge >= 0.3 is 0 Å². The molecule has 17 heavy (non-hydrogen) atoms. The summed E-state index contributed by atoms with van der Waals surface area (Å²) >= 11 is 0. The second kappa shape index (κ2) is 6.65. The van der Waals surface area contributed by atoms with Crippen LogP contribution in [0.15, 0.2) is 12.1 Å². The highest BCUT2D eigenvalue weighted by Crippen LogP contribution is 2.24. The fourth-order valence-electron chi connectivity index (χ4n) is 2.05.